The highest BCUT2D eigenvalue weighted by Crippen LogP contribution is 2.75. The Bertz CT molecular complexity index is 1550. The molecular formula is C44H63NO6. The van der Waals surface area contributed by atoms with Gasteiger partial charge in [0.2, 0.25) is 0 Å². The highest BCUT2D eigenvalue weighted by Gasteiger charge is 2.70. The van der Waals surface area contributed by atoms with Crippen LogP contribution in [0.5, 0.6) is 0 Å². The molecule has 5 fully saturated rings. The molecule has 5 aliphatic carbocycles. The number of carbonyl (C=O) groups is 3. The predicted octanol–water partition coefficient (Wildman–Crippen LogP) is 8.20. The minimum atomic E-state index is -0.582. The quantitative estimate of drug-likeness (QED) is 0.265. The fourth-order valence-corrected chi connectivity index (χ4v) is 12.9. The number of hydrogen-bond acceptors (Lipinski definition) is 7. The van der Waals surface area contributed by atoms with Crippen LogP contribution in [0.15, 0.2) is 42.0 Å². The number of allylic oxidation sites excluding steroid dienone is 2. The molecule has 0 bridgehead atoms. The molecule has 1 heterocycles. The first-order valence-electron chi connectivity index (χ1n) is 20.0. The Morgan fingerprint density at radius 3 is 2.29 bits per heavy atom. The Labute approximate surface area is 306 Å². The highest BCUT2D eigenvalue weighted by molar-refractivity contribution is 5.96. The lowest BCUT2D eigenvalue weighted by Crippen LogP contribution is -2.66. The van der Waals surface area contributed by atoms with Gasteiger partial charge in [0.15, 0.2) is 5.78 Å². The Kier molecular flexibility index (Phi) is 9.47. The van der Waals surface area contributed by atoms with Crippen LogP contribution >= 0.6 is 0 Å². The van der Waals surface area contributed by atoms with Crippen LogP contribution in [-0.2, 0) is 35.2 Å². The van der Waals surface area contributed by atoms with Gasteiger partial charge in [0.25, 0.3) is 0 Å². The molecule has 7 nitrogen and oxygen atoms in total. The third kappa shape index (κ3) is 5.95. The molecule has 7 rings (SSSR count). The van der Waals surface area contributed by atoms with Crippen molar-refractivity contribution in [3.8, 4) is 0 Å². The van der Waals surface area contributed by atoms with Crippen molar-refractivity contribution in [3.63, 3.8) is 0 Å². The average molecular weight is 702 g/mol. The summed E-state index contributed by atoms with van der Waals surface area (Å²) in [4.78, 5) is 44.6. The van der Waals surface area contributed by atoms with Gasteiger partial charge in [-0.3, -0.25) is 19.3 Å². The van der Waals surface area contributed by atoms with Crippen molar-refractivity contribution in [2.24, 2.45) is 56.2 Å². The molecule has 0 spiro atoms. The van der Waals surface area contributed by atoms with Crippen LogP contribution in [0.2, 0.25) is 0 Å². The van der Waals surface area contributed by atoms with Crippen molar-refractivity contribution in [2.45, 2.75) is 113 Å². The highest BCUT2D eigenvalue weighted by atomic mass is 16.5. The second kappa shape index (κ2) is 13.1. The number of ether oxygens (including phenoxy) is 3. The molecule has 1 aromatic carbocycles. The Morgan fingerprint density at radius 2 is 1.57 bits per heavy atom. The van der Waals surface area contributed by atoms with Gasteiger partial charge in [0, 0.05) is 25.6 Å². The standard InChI is InChI=1S/C44H63NO6/c1-39(2)31(37(47)50-26-23-45-21-24-49-25-22-45)13-15-42(5)35(39)14-16-44(7)36(42)34(46)27-32-33-28-41(4,18-17-40(33,3)19-20-43(32,44)6)38(48)51-29-30-11-9-8-10-12-30/h8-12,27,31,33,35-36H,13-26,28-29H2,1-7H3/t31-,33+,35+,36-,40-,41+,42+,43-,44-/m1/s1. The summed E-state index contributed by atoms with van der Waals surface area (Å²) in [7, 11) is 0. The Balaban J connectivity index is 1.11. The molecule has 1 saturated heterocycles. The molecule has 1 aliphatic heterocycles. The van der Waals surface area contributed by atoms with E-state index in [1.54, 1.807) is 0 Å². The number of benzene rings is 1. The van der Waals surface area contributed by atoms with Crippen molar-refractivity contribution < 1.29 is 28.6 Å². The summed E-state index contributed by atoms with van der Waals surface area (Å²) in [6, 6.07) is 9.92. The summed E-state index contributed by atoms with van der Waals surface area (Å²) in [6.07, 6.45) is 10.4. The second-order valence-corrected chi connectivity index (χ2v) is 19.3. The molecule has 0 amide bonds. The van der Waals surface area contributed by atoms with Crippen molar-refractivity contribution >= 4 is 17.7 Å². The van der Waals surface area contributed by atoms with Crippen molar-refractivity contribution in [1.82, 2.24) is 4.90 Å². The molecule has 9 atom stereocenters. The topological polar surface area (TPSA) is 82.1 Å². The molecule has 0 aromatic heterocycles. The first-order chi connectivity index (χ1) is 24.1. The van der Waals surface area contributed by atoms with E-state index in [0.717, 1.165) is 96.2 Å². The molecule has 0 N–H and O–H groups in total. The van der Waals surface area contributed by atoms with E-state index in [1.807, 2.05) is 30.3 Å². The van der Waals surface area contributed by atoms with Crippen LogP contribution in [0, 0.1) is 56.2 Å². The molecule has 280 valence electrons. The summed E-state index contributed by atoms with van der Waals surface area (Å²) < 4.78 is 17.4. The molecule has 4 saturated carbocycles. The predicted molar refractivity (Wildman–Crippen MR) is 197 cm³/mol. The largest absolute Gasteiger partial charge is 0.464 e. The average Bonchev–Trinajstić information content (AvgIpc) is 3.09. The van der Waals surface area contributed by atoms with Crippen LogP contribution in [0.1, 0.15) is 112 Å². The van der Waals surface area contributed by atoms with Gasteiger partial charge < -0.3 is 14.2 Å². The maximum atomic E-state index is 14.9. The molecule has 0 radical (unpaired) electrons. The normalized spacial score (nSPS) is 41.9. The van der Waals surface area contributed by atoms with E-state index < -0.39 is 5.41 Å². The van der Waals surface area contributed by atoms with E-state index in [4.69, 9.17) is 14.2 Å². The van der Waals surface area contributed by atoms with Gasteiger partial charge >= 0.3 is 11.9 Å². The van der Waals surface area contributed by atoms with Gasteiger partial charge in [-0.1, -0.05) is 77.4 Å². The third-order valence-corrected chi connectivity index (χ3v) is 16.4. The summed E-state index contributed by atoms with van der Waals surface area (Å²) >= 11 is 0. The number of rotatable bonds is 7. The number of esters is 2. The van der Waals surface area contributed by atoms with Crippen molar-refractivity contribution in [1.29, 1.82) is 0 Å². The smallest absolute Gasteiger partial charge is 0.312 e. The van der Waals surface area contributed by atoms with Gasteiger partial charge in [-0.15, -0.1) is 0 Å². The van der Waals surface area contributed by atoms with Crippen LogP contribution in [-0.4, -0.2) is 62.1 Å². The number of ketones is 1. The lowest BCUT2D eigenvalue weighted by atomic mass is 9.33. The minimum absolute atomic E-state index is 0.0668. The van der Waals surface area contributed by atoms with E-state index >= 15 is 0 Å². The SMILES string of the molecule is CC1(C)[C@@H](C(=O)OCCN2CCOCC2)CC[C@]2(C)[C@H]3C(=O)C=C4[C@@H]5C[C@@](C)(C(=O)OCc6ccccc6)CC[C@]5(C)CC[C@@]4(C)[C@]3(C)CC[C@@H]12. The van der Waals surface area contributed by atoms with Crippen LogP contribution in [0.25, 0.3) is 0 Å². The van der Waals surface area contributed by atoms with Gasteiger partial charge in [-0.2, -0.15) is 0 Å². The zero-order valence-electron chi connectivity index (χ0n) is 32.5. The Hall–Kier alpha value is -2.51. The minimum Gasteiger partial charge on any atom is -0.464 e. The fraction of sp³-hybridized carbons (Fsp3) is 0.750. The van der Waals surface area contributed by atoms with Gasteiger partial charge in [0.1, 0.15) is 13.2 Å². The van der Waals surface area contributed by atoms with Crippen LogP contribution < -0.4 is 0 Å². The first-order valence-corrected chi connectivity index (χ1v) is 20.0. The molecule has 1 aromatic rings. The zero-order valence-corrected chi connectivity index (χ0v) is 32.5. The van der Waals surface area contributed by atoms with Crippen molar-refractivity contribution in [2.75, 3.05) is 39.5 Å². The molecular weight excluding hydrogens is 638 g/mol. The molecule has 7 heteroatoms. The third-order valence-electron chi connectivity index (χ3n) is 16.4. The maximum absolute atomic E-state index is 14.9. The van der Waals surface area contributed by atoms with E-state index in [-0.39, 0.29) is 68.5 Å². The van der Waals surface area contributed by atoms with E-state index in [2.05, 4.69) is 59.4 Å². The Morgan fingerprint density at radius 1 is 0.863 bits per heavy atom. The van der Waals surface area contributed by atoms with Crippen molar-refractivity contribution in [3.05, 3.63) is 47.5 Å². The van der Waals surface area contributed by atoms with Crippen LogP contribution in [0.4, 0.5) is 0 Å². The second-order valence-electron chi connectivity index (χ2n) is 19.3. The summed E-state index contributed by atoms with van der Waals surface area (Å²) in [5, 5.41) is 0. The number of carbonyl (C=O) groups excluding carboxylic acids is 3. The summed E-state index contributed by atoms with van der Waals surface area (Å²) in [6.45, 7) is 21.0. The molecule has 51 heavy (non-hydrogen) atoms. The van der Waals surface area contributed by atoms with E-state index in [1.165, 1.54) is 5.57 Å². The van der Waals surface area contributed by atoms with E-state index in [0.29, 0.717) is 13.2 Å². The lowest BCUT2D eigenvalue weighted by Gasteiger charge is -2.70. The lowest BCUT2D eigenvalue weighted by molar-refractivity contribution is -0.200. The number of fused-ring (bicyclic) bond motifs is 7. The monoisotopic (exact) mass is 701 g/mol. The summed E-state index contributed by atoms with van der Waals surface area (Å²) in [5.74, 6) is 0.268. The number of morpholine rings is 1. The van der Waals surface area contributed by atoms with Crippen LogP contribution in [0.3, 0.4) is 0 Å². The van der Waals surface area contributed by atoms with Gasteiger partial charge in [0.05, 0.1) is 24.5 Å². The van der Waals surface area contributed by atoms with Gasteiger partial charge in [-0.25, -0.2) is 0 Å². The first kappa shape index (κ1) is 36.8. The number of nitrogens with zero attached hydrogens (tertiary/aromatic N) is 1. The zero-order chi connectivity index (χ0) is 36.5. The molecule has 6 aliphatic rings. The maximum Gasteiger partial charge on any atom is 0.312 e. The number of hydrogen-bond donors (Lipinski definition) is 0. The fourth-order valence-electron chi connectivity index (χ4n) is 12.9. The van der Waals surface area contributed by atoms with E-state index in [9.17, 15) is 14.4 Å². The van der Waals surface area contributed by atoms with Gasteiger partial charge in [-0.05, 0) is 115 Å². The summed E-state index contributed by atoms with van der Waals surface area (Å²) in [5.41, 5.74) is 0.999. The molecule has 0 unspecified atom stereocenters.